The second kappa shape index (κ2) is 7.77. The summed E-state index contributed by atoms with van der Waals surface area (Å²) in [5.74, 6) is 0.132. The van der Waals surface area contributed by atoms with Gasteiger partial charge in [-0.3, -0.25) is 14.3 Å². The second-order valence-electron chi connectivity index (χ2n) is 5.99. The molecule has 3 rings (SSSR count). The van der Waals surface area contributed by atoms with Gasteiger partial charge in [0.1, 0.15) is 0 Å². The molecular formula is C18H22N4O2. The van der Waals surface area contributed by atoms with Crippen LogP contribution in [-0.4, -0.2) is 39.6 Å². The van der Waals surface area contributed by atoms with Gasteiger partial charge >= 0.3 is 0 Å². The van der Waals surface area contributed by atoms with Crippen molar-refractivity contribution in [2.75, 3.05) is 13.1 Å². The van der Waals surface area contributed by atoms with Crippen LogP contribution in [0, 0.1) is 0 Å². The number of hydrogen-bond acceptors (Lipinski definition) is 3. The van der Waals surface area contributed by atoms with Gasteiger partial charge in [0.15, 0.2) is 0 Å². The summed E-state index contributed by atoms with van der Waals surface area (Å²) in [6.45, 7) is 1.84. The molecule has 1 aromatic carbocycles. The molecule has 2 amide bonds. The van der Waals surface area contributed by atoms with Gasteiger partial charge in [-0.1, -0.05) is 30.3 Å². The summed E-state index contributed by atoms with van der Waals surface area (Å²) in [5, 5.41) is 7.17. The third kappa shape index (κ3) is 4.22. The minimum Gasteiger partial charge on any atom is -0.347 e. The highest BCUT2D eigenvalue weighted by Crippen LogP contribution is 2.18. The molecule has 0 bridgehead atoms. The lowest BCUT2D eigenvalue weighted by atomic mass is 10.1. The van der Waals surface area contributed by atoms with Gasteiger partial charge in [-0.2, -0.15) is 5.10 Å². The van der Waals surface area contributed by atoms with Crippen LogP contribution in [0.4, 0.5) is 0 Å². The topological polar surface area (TPSA) is 67.2 Å². The molecule has 0 aliphatic carbocycles. The number of aryl methyl sites for hydroxylation is 1. The fourth-order valence-electron chi connectivity index (χ4n) is 2.95. The van der Waals surface area contributed by atoms with Gasteiger partial charge in [-0.05, 0) is 18.1 Å². The third-order valence-corrected chi connectivity index (χ3v) is 4.24. The van der Waals surface area contributed by atoms with Crippen LogP contribution in [0.3, 0.4) is 0 Å². The second-order valence-corrected chi connectivity index (χ2v) is 5.99. The molecule has 1 N–H and O–H groups in total. The first-order valence-electron chi connectivity index (χ1n) is 8.32. The van der Waals surface area contributed by atoms with Crippen LogP contribution >= 0.6 is 0 Å². The van der Waals surface area contributed by atoms with Crippen molar-refractivity contribution in [2.45, 2.75) is 31.8 Å². The molecule has 0 unspecified atom stereocenters. The monoisotopic (exact) mass is 326 g/mol. The smallest absolute Gasteiger partial charge is 0.222 e. The maximum Gasteiger partial charge on any atom is 0.222 e. The summed E-state index contributed by atoms with van der Waals surface area (Å²) < 4.78 is 1.74. The molecule has 0 saturated carbocycles. The first kappa shape index (κ1) is 16.2. The van der Waals surface area contributed by atoms with Gasteiger partial charge in [-0.25, -0.2) is 0 Å². The van der Waals surface area contributed by atoms with E-state index in [0.717, 1.165) is 18.5 Å². The summed E-state index contributed by atoms with van der Waals surface area (Å²) in [4.78, 5) is 26.1. The highest BCUT2D eigenvalue weighted by Gasteiger charge is 2.25. The number of amides is 2. The van der Waals surface area contributed by atoms with Crippen molar-refractivity contribution >= 4 is 11.8 Å². The standard InChI is InChI=1S/C18H22N4O2/c23-17(9-13-22-12-5-10-19-22)20-16(15-6-2-1-3-7-15)14-21-11-4-8-18(21)24/h1-3,5-7,10,12,16H,4,8-9,11,13-14H2,(H,20,23)/t16-/m1/s1. The largest absolute Gasteiger partial charge is 0.347 e. The van der Waals surface area contributed by atoms with Gasteiger partial charge in [-0.15, -0.1) is 0 Å². The Bertz CT molecular complexity index is 670. The quantitative estimate of drug-likeness (QED) is 0.843. The van der Waals surface area contributed by atoms with Crippen molar-refractivity contribution in [3.63, 3.8) is 0 Å². The Balaban J connectivity index is 1.63. The number of carbonyl (C=O) groups excluding carboxylic acids is 2. The predicted molar refractivity (Wildman–Crippen MR) is 90.0 cm³/mol. The lowest BCUT2D eigenvalue weighted by Gasteiger charge is -2.25. The van der Waals surface area contributed by atoms with Crippen LogP contribution < -0.4 is 5.32 Å². The predicted octanol–water partition coefficient (Wildman–Crippen LogP) is 1.75. The van der Waals surface area contributed by atoms with Crippen molar-refractivity contribution in [3.05, 3.63) is 54.4 Å². The number of aromatic nitrogens is 2. The van der Waals surface area contributed by atoms with Crippen LogP contribution in [-0.2, 0) is 16.1 Å². The van der Waals surface area contributed by atoms with Crippen LogP contribution in [0.2, 0.25) is 0 Å². The Hall–Kier alpha value is -2.63. The van der Waals surface area contributed by atoms with E-state index >= 15 is 0 Å². The molecule has 6 heteroatoms. The molecule has 1 aliphatic rings. The third-order valence-electron chi connectivity index (χ3n) is 4.24. The minimum atomic E-state index is -0.182. The Labute approximate surface area is 141 Å². The number of likely N-dealkylation sites (tertiary alicyclic amines) is 1. The Morgan fingerprint density at radius 3 is 2.75 bits per heavy atom. The van der Waals surface area contributed by atoms with Crippen molar-refractivity contribution in [3.8, 4) is 0 Å². The Morgan fingerprint density at radius 1 is 1.25 bits per heavy atom. The van der Waals surface area contributed by atoms with Gasteiger partial charge in [0, 0.05) is 44.9 Å². The van der Waals surface area contributed by atoms with Crippen LogP contribution in [0.15, 0.2) is 48.8 Å². The molecule has 6 nitrogen and oxygen atoms in total. The van der Waals surface area contributed by atoms with E-state index in [0.29, 0.717) is 25.9 Å². The van der Waals surface area contributed by atoms with E-state index in [-0.39, 0.29) is 17.9 Å². The maximum absolute atomic E-state index is 12.3. The summed E-state index contributed by atoms with van der Waals surface area (Å²) in [5.41, 5.74) is 1.02. The molecule has 0 radical (unpaired) electrons. The number of carbonyl (C=O) groups is 2. The van der Waals surface area contributed by atoms with Crippen molar-refractivity contribution in [1.82, 2.24) is 20.0 Å². The number of rotatable bonds is 7. The van der Waals surface area contributed by atoms with E-state index in [4.69, 9.17) is 0 Å². The molecule has 1 fully saturated rings. The molecule has 1 saturated heterocycles. The Kier molecular flexibility index (Phi) is 5.25. The normalized spacial score (nSPS) is 15.5. The SMILES string of the molecule is O=C(CCn1cccn1)N[C@H](CN1CCCC1=O)c1ccccc1. The van der Waals surface area contributed by atoms with E-state index in [1.54, 1.807) is 10.9 Å². The number of hydrogen-bond donors (Lipinski definition) is 1. The highest BCUT2D eigenvalue weighted by atomic mass is 16.2. The minimum absolute atomic E-state index is 0.0361. The van der Waals surface area contributed by atoms with Crippen molar-refractivity contribution < 1.29 is 9.59 Å². The number of benzene rings is 1. The summed E-state index contributed by atoms with van der Waals surface area (Å²) >= 11 is 0. The van der Waals surface area contributed by atoms with Crippen molar-refractivity contribution in [1.29, 1.82) is 0 Å². The van der Waals surface area contributed by atoms with Gasteiger partial charge in [0.2, 0.25) is 11.8 Å². The van der Waals surface area contributed by atoms with Crippen LogP contribution in [0.1, 0.15) is 30.9 Å². The molecule has 24 heavy (non-hydrogen) atoms. The van der Waals surface area contributed by atoms with E-state index in [2.05, 4.69) is 10.4 Å². The fourth-order valence-corrected chi connectivity index (χ4v) is 2.95. The van der Waals surface area contributed by atoms with E-state index in [9.17, 15) is 9.59 Å². The number of nitrogens with one attached hydrogen (secondary N) is 1. The van der Waals surface area contributed by atoms with Crippen LogP contribution in [0.5, 0.6) is 0 Å². The first-order valence-corrected chi connectivity index (χ1v) is 8.32. The molecule has 0 spiro atoms. The number of nitrogens with zero attached hydrogens (tertiary/aromatic N) is 3. The Morgan fingerprint density at radius 2 is 2.08 bits per heavy atom. The first-order chi connectivity index (χ1) is 11.7. The van der Waals surface area contributed by atoms with Gasteiger partial charge in [0.25, 0.3) is 0 Å². The average Bonchev–Trinajstić information content (AvgIpc) is 3.25. The summed E-state index contributed by atoms with van der Waals surface area (Å²) in [6, 6.07) is 11.5. The zero-order valence-corrected chi connectivity index (χ0v) is 13.6. The molecule has 126 valence electrons. The van der Waals surface area contributed by atoms with E-state index in [1.807, 2.05) is 47.5 Å². The molecule has 2 heterocycles. The maximum atomic E-state index is 12.3. The summed E-state index contributed by atoms with van der Waals surface area (Å²) in [6.07, 6.45) is 5.40. The van der Waals surface area contributed by atoms with Gasteiger partial charge in [0.05, 0.1) is 6.04 Å². The zero-order valence-electron chi connectivity index (χ0n) is 13.6. The van der Waals surface area contributed by atoms with E-state index < -0.39 is 0 Å². The molecule has 2 aromatic rings. The summed E-state index contributed by atoms with van der Waals surface area (Å²) in [7, 11) is 0. The zero-order chi connectivity index (χ0) is 16.8. The van der Waals surface area contributed by atoms with E-state index in [1.165, 1.54) is 0 Å². The van der Waals surface area contributed by atoms with Crippen LogP contribution in [0.25, 0.3) is 0 Å². The van der Waals surface area contributed by atoms with Crippen molar-refractivity contribution in [2.24, 2.45) is 0 Å². The van der Waals surface area contributed by atoms with Gasteiger partial charge < -0.3 is 10.2 Å². The molecule has 1 aromatic heterocycles. The lowest BCUT2D eigenvalue weighted by Crippen LogP contribution is -2.38. The average molecular weight is 326 g/mol. The molecule has 1 aliphatic heterocycles. The fraction of sp³-hybridized carbons (Fsp3) is 0.389. The lowest BCUT2D eigenvalue weighted by molar-refractivity contribution is -0.129. The molecule has 1 atom stereocenters. The molecular weight excluding hydrogens is 304 g/mol. The highest BCUT2D eigenvalue weighted by molar-refractivity contribution is 5.79.